The van der Waals surface area contributed by atoms with E-state index in [0.29, 0.717) is 0 Å². The lowest BCUT2D eigenvalue weighted by Gasteiger charge is -2.32. The van der Waals surface area contributed by atoms with Gasteiger partial charge in [0, 0.05) is 30.4 Å². The lowest BCUT2D eigenvalue weighted by Crippen LogP contribution is -2.47. The van der Waals surface area contributed by atoms with Crippen LogP contribution in [0.3, 0.4) is 0 Å². The van der Waals surface area contributed by atoms with Gasteiger partial charge in [0.05, 0.1) is 16.7 Å². The maximum atomic E-state index is 14.9. The summed E-state index contributed by atoms with van der Waals surface area (Å²) in [5.41, 5.74) is -1.18. The molecular weight excluding hydrogens is 428 g/mol. The Morgan fingerprint density at radius 3 is 2.37 bits per heavy atom. The molecule has 1 heterocycles. The van der Waals surface area contributed by atoms with Crippen molar-refractivity contribution in [3.63, 3.8) is 0 Å². The van der Waals surface area contributed by atoms with Crippen LogP contribution in [-0.2, 0) is 10.7 Å². The number of carbonyl (C=O) groups excluding carboxylic acids is 2. The fourth-order valence-electron chi connectivity index (χ4n) is 3.07. The zero-order valence-corrected chi connectivity index (χ0v) is 16.2. The zero-order valence-electron chi connectivity index (χ0n) is 15.5. The fourth-order valence-corrected chi connectivity index (χ4v) is 3.30. The monoisotopic (exact) mass is 444 g/mol. The molecule has 30 heavy (non-hydrogen) atoms. The maximum Gasteiger partial charge on any atom is 0.351 e. The Hall–Kier alpha value is -2.65. The van der Waals surface area contributed by atoms with E-state index in [9.17, 15) is 32.3 Å². The summed E-state index contributed by atoms with van der Waals surface area (Å²) < 4.78 is 56.1. The van der Waals surface area contributed by atoms with Crippen molar-refractivity contribution in [1.29, 1.82) is 0 Å². The number of amides is 2. The van der Waals surface area contributed by atoms with E-state index >= 15 is 0 Å². The van der Waals surface area contributed by atoms with E-state index in [-0.39, 0.29) is 37.2 Å². The molecule has 1 aliphatic rings. The number of halogens is 5. The standard InChI is InChI=1S/C20H17ClF4N2O3/c21-15-3-1-11(18(29)26-12-2-4-16(22)17(23)10-12)9-14(15)20(24,25)19(30)27-7-5-13(28)6-8-27/h1-4,9-10,13,28H,5-8H2,(H,26,29). The van der Waals surface area contributed by atoms with Crippen LogP contribution in [0.5, 0.6) is 0 Å². The number of rotatable bonds is 4. The lowest BCUT2D eigenvalue weighted by atomic mass is 10.0. The Bertz CT molecular complexity index is 979. The molecule has 1 saturated heterocycles. The van der Waals surface area contributed by atoms with E-state index in [0.717, 1.165) is 35.2 Å². The van der Waals surface area contributed by atoms with Gasteiger partial charge >= 0.3 is 5.92 Å². The average Bonchev–Trinajstić information content (AvgIpc) is 2.71. The van der Waals surface area contributed by atoms with Crippen molar-refractivity contribution < 1.29 is 32.3 Å². The first-order valence-corrected chi connectivity index (χ1v) is 9.39. The summed E-state index contributed by atoms with van der Waals surface area (Å²) in [5, 5.41) is 11.3. The van der Waals surface area contributed by atoms with Crippen molar-refractivity contribution in [1.82, 2.24) is 4.90 Å². The molecule has 2 aromatic carbocycles. The molecule has 0 aliphatic carbocycles. The average molecular weight is 445 g/mol. The van der Waals surface area contributed by atoms with Crippen LogP contribution in [0, 0.1) is 11.6 Å². The highest BCUT2D eigenvalue weighted by Crippen LogP contribution is 2.36. The molecule has 0 aromatic heterocycles. The fraction of sp³-hybridized carbons (Fsp3) is 0.300. The van der Waals surface area contributed by atoms with Crippen molar-refractivity contribution in [3.8, 4) is 0 Å². The minimum atomic E-state index is -4.00. The second kappa shape index (κ2) is 8.61. The van der Waals surface area contributed by atoms with Gasteiger partial charge in [-0.15, -0.1) is 0 Å². The first-order valence-electron chi connectivity index (χ1n) is 9.01. The molecule has 2 N–H and O–H groups in total. The number of piperidine rings is 1. The van der Waals surface area contributed by atoms with Crippen LogP contribution < -0.4 is 5.32 Å². The quantitative estimate of drug-likeness (QED) is 0.702. The van der Waals surface area contributed by atoms with Gasteiger partial charge < -0.3 is 15.3 Å². The maximum absolute atomic E-state index is 14.9. The van der Waals surface area contributed by atoms with Crippen LogP contribution in [0.1, 0.15) is 28.8 Å². The molecular formula is C20H17ClF4N2O3. The van der Waals surface area contributed by atoms with Crippen LogP contribution in [0.25, 0.3) is 0 Å². The molecule has 0 saturated carbocycles. The molecule has 0 bridgehead atoms. The number of benzene rings is 2. The van der Waals surface area contributed by atoms with Crippen LogP contribution in [0.4, 0.5) is 23.2 Å². The van der Waals surface area contributed by atoms with Gasteiger partial charge in [0.25, 0.3) is 11.8 Å². The first-order chi connectivity index (χ1) is 14.1. The molecule has 0 unspecified atom stereocenters. The second-order valence-electron chi connectivity index (χ2n) is 6.88. The smallest absolute Gasteiger partial charge is 0.351 e. The van der Waals surface area contributed by atoms with Crippen molar-refractivity contribution in [2.75, 3.05) is 18.4 Å². The van der Waals surface area contributed by atoms with Crippen molar-refractivity contribution in [3.05, 3.63) is 64.2 Å². The second-order valence-corrected chi connectivity index (χ2v) is 7.28. The summed E-state index contributed by atoms with van der Waals surface area (Å²) >= 11 is 5.88. The van der Waals surface area contributed by atoms with Gasteiger partial charge in [-0.3, -0.25) is 9.59 Å². The molecule has 0 spiro atoms. The highest BCUT2D eigenvalue weighted by Gasteiger charge is 2.46. The SMILES string of the molecule is O=C(Nc1ccc(F)c(F)c1)c1ccc(Cl)c(C(F)(F)C(=O)N2CCC(O)CC2)c1. The topological polar surface area (TPSA) is 69.6 Å². The van der Waals surface area contributed by atoms with Crippen molar-refractivity contribution in [2.24, 2.45) is 0 Å². The highest BCUT2D eigenvalue weighted by molar-refractivity contribution is 6.32. The van der Waals surface area contributed by atoms with Gasteiger partial charge in [-0.05, 0) is 43.2 Å². The number of nitrogens with one attached hydrogen (secondary N) is 1. The third-order valence-electron chi connectivity index (χ3n) is 4.76. The normalized spacial score (nSPS) is 15.2. The van der Waals surface area contributed by atoms with E-state index in [2.05, 4.69) is 5.32 Å². The predicted octanol–water partition coefficient (Wildman–Crippen LogP) is 3.95. The first kappa shape index (κ1) is 22.0. The summed E-state index contributed by atoms with van der Waals surface area (Å²) in [6.45, 7) is -0.0486. The molecule has 0 atom stereocenters. The Balaban J connectivity index is 1.83. The molecule has 10 heteroatoms. The van der Waals surface area contributed by atoms with Gasteiger partial charge in [-0.25, -0.2) is 8.78 Å². The summed E-state index contributed by atoms with van der Waals surface area (Å²) in [7, 11) is 0. The van der Waals surface area contributed by atoms with E-state index < -0.39 is 46.1 Å². The van der Waals surface area contributed by atoms with E-state index in [1.165, 1.54) is 6.07 Å². The predicted molar refractivity (Wildman–Crippen MR) is 101 cm³/mol. The number of anilines is 1. The third kappa shape index (κ3) is 4.57. The van der Waals surface area contributed by atoms with Gasteiger partial charge in [-0.2, -0.15) is 8.78 Å². The van der Waals surface area contributed by atoms with Crippen LogP contribution in [-0.4, -0.2) is 41.0 Å². The third-order valence-corrected chi connectivity index (χ3v) is 5.09. The Labute approximate surface area is 174 Å². The number of hydrogen-bond donors (Lipinski definition) is 2. The van der Waals surface area contributed by atoms with Crippen molar-refractivity contribution in [2.45, 2.75) is 24.9 Å². The van der Waals surface area contributed by atoms with Gasteiger partial charge in [0.15, 0.2) is 11.6 Å². The van der Waals surface area contributed by atoms with Crippen LogP contribution in [0.15, 0.2) is 36.4 Å². The van der Waals surface area contributed by atoms with Crippen molar-refractivity contribution >= 4 is 29.1 Å². The van der Waals surface area contributed by atoms with E-state index in [1.54, 1.807) is 0 Å². The summed E-state index contributed by atoms with van der Waals surface area (Å²) in [4.78, 5) is 25.7. The molecule has 2 amide bonds. The Morgan fingerprint density at radius 1 is 1.07 bits per heavy atom. The van der Waals surface area contributed by atoms with E-state index in [1.807, 2.05) is 0 Å². The molecule has 0 radical (unpaired) electrons. The number of alkyl halides is 2. The van der Waals surface area contributed by atoms with Crippen LogP contribution in [0.2, 0.25) is 5.02 Å². The Morgan fingerprint density at radius 2 is 1.73 bits per heavy atom. The number of likely N-dealkylation sites (tertiary alicyclic amines) is 1. The van der Waals surface area contributed by atoms with Gasteiger partial charge in [0.2, 0.25) is 0 Å². The molecule has 1 fully saturated rings. The number of aliphatic hydroxyl groups is 1. The molecule has 5 nitrogen and oxygen atoms in total. The van der Waals surface area contributed by atoms with Gasteiger partial charge in [0.1, 0.15) is 0 Å². The zero-order chi connectivity index (χ0) is 22.1. The van der Waals surface area contributed by atoms with Crippen LogP contribution >= 0.6 is 11.6 Å². The number of hydrogen-bond acceptors (Lipinski definition) is 3. The van der Waals surface area contributed by atoms with E-state index in [4.69, 9.17) is 11.6 Å². The summed E-state index contributed by atoms with van der Waals surface area (Å²) in [6.07, 6.45) is -0.270. The van der Waals surface area contributed by atoms with Gasteiger partial charge in [-0.1, -0.05) is 11.6 Å². The highest BCUT2D eigenvalue weighted by atomic mass is 35.5. The molecule has 1 aliphatic heterocycles. The Kier molecular flexibility index (Phi) is 6.33. The largest absolute Gasteiger partial charge is 0.393 e. The minimum Gasteiger partial charge on any atom is -0.393 e. The number of nitrogens with zero attached hydrogens (tertiary/aromatic N) is 1. The molecule has 160 valence electrons. The summed E-state index contributed by atoms with van der Waals surface area (Å²) in [6, 6.07) is 5.66. The number of aliphatic hydroxyl groups excluding tert-OH is 1. The minimum absolute atomic E-state index is 0.0243. The molecule has 3 rings (SSSR count). The number of carbonyl (C=O) groups is 2. The molecule has 2 aromatic rings. The summed E-state index contributed by atoms with van der Waals surface area (Å²) in [5.74, 6) is -8.64. The lowest BCUT2D eigenvalue weighted by molar-refractivity contribution is -0.161.